The van der Waals surface area contributed by atoms with Crippen LogP contribution >= 0.6 is 11.8 Å². The molecule has 1 N–H and O–H groups in total. The minimum Gasteiger partial charge on any atom is -0.361 e. The van der Waals surface area contributed by atoms with Crippen LogP contribution in [0.25, 0.3) is 0 Å². The smallest absolute Gasteiger partial charge is 0.361 e. The predicted molar refractivity (Wildman–Crippen MR) is 76.8 cm³/mol. The van der Waals surface area contributed by atoms with Gasteiger partial charge in [-0.15, -0.1) is 0 Å². The highest BCUT2D eigenvalue weighted by Gasteiger charge is 2.30. The van der Waals surface area contributed by atoms with Gasteiger partial charge < -0.3 is 5.32 Å². The van der Waals surface area contributed by atoms with Gasteiger partial charge in [-0.05, 0) is 23.6 Å². The van der Waals surface area contributed by atoms with E-state index in [-0.39, 0.29) is 6.54 Å². The van der Waals surface area contributed by atoms with Crippen molar-refractivity contribution >= 4 is 16.9 Å². The summed E-state index contributed by atoms with van der Waals surface area (Å²) in [7, 11) is 0. The van der Waals surface area contributed by atoms with Gasteiger partial charge in [-0.2, -0.15) is 13.2 Å². The van der Waals surface area contributed by atoms with E-state index >= 15 is 0 Å². The Balaban J connectivity index is 2.01. The second-order valence-electron chi connectivity index (χ2n) is 5.13. The van der Waals surface area contributed by atoms with E-state index in [0.717, 1.165) is 23.1 Å². The van der Waals surface area contributed by atoms with Crippen LogP contribution in [0.15, 0.2) is 29.3 Å². The van der Waals surface area contributed by atoms with Crippen LogP contribution < -0.4 is 5.32 Å². The number of alkyl halides is 3. The average Bonchev–Trinajstić information content (AvgIpc) is 2.85. The van der Waals surface area contributed by atoms with E-state index in [2.05, 4.69) is 24.2 Å². The van der Waals surface area contributed by atoms with Gasteiger partial charge in [-0.1, -0.05) is 37.7 Å². The first-order valence-electron chi connectivity index (χ1n) is 6.46. The van der Waals surface area contributed by atoms with Gasteiger partial charge in [0.25, 0.3) is 0 Å². The molecule has 1 atom stereocenters. The Kier molecular flexibility index (Phi) is 4.62. The first-order chi connectivity index (χ1) is 9.36. The minimum atomic E-state index is -4.30. The molecule has 1 aliphatic rings. The van der Waals surface area contributed by atoms with Gasteiger partial charge in [0, 0.05) is 11.8 Å². The first-order valence-corrected chi connectivity index (χ1v) is 7.45. The Morgan fingerprint density at radius 3 is 2.75 bits per heavy atom. The lowest BCUT2D eigenvalue weighted by Gasteiger charge is -2.13. The summed E-state index contributed by atoms with van der Waals surface area (Å²) in [5.41, 5.74) is -0.0509. The quantitative estimate of drug-likeness (QED) is 0.915. The molecule has 1 aliphatic heterocycles. The third kappa shape index (κ3) is 3.91. The lowest BCUT2D eigenvalue weighted by atomic mass is 10.1. The maximum Gasteiger partial charge on any atom is 0.416 e. The summed E-state index contributed by atoms with van der Waals surface area (Å²) in [5, 5.41) is 4.12. The number of hydrogen-bond donors (Lipinski definition) is 1. The molecule has 0 radical (unpaired) electrons. The van der Waals surface area contributed by atoms with Crippen molar-refractivity contribution in [2.45, 2.75) is 32.6 Å². The maximum atomic E-state index is 12.6. The van der Waals surface area contributed by atoms with Crippen LogP contribution in [0, 0.1) is 5.92 Å². The Morgan fingerprint density at radius 1 is 1.40 bits per heavy atom. The van der Waals surface area contributed by atoms with Gasteiger partial charge in [-0.25, -0.2) is 0 Å². The third-order valence-electron chi connectivity index (χ3n) is 3.17. The Labute approximate surface area is 120 Å². The molecule has 1 heterocycles. The van der Waals surface area contributed by atoms with Crippen molar-refractivity contribution in [3.05, 3.63) is 35.4 Å². The van der Waals surface area contributed by atoms with E-state index in [4.69, 9.17) is 0 Å². The van der Waals surface area contributed by atoms with Crippen molar-refractivity contribution in [1.29, 1.82) is 0 Å². The molecular weight excluding hydrogens is 285 g/mol. The summed E-state index contributed by atoms with van der Waals surface area (Å²) in [6.07, 6.45) is -4.30. The second-order valence-corrected chi connectivity index (χ2v) is 6.13. The number of benzene rings is 1. The highest BCUT2D eigenvalue weighted by molar-refractivity contribution is 8.14. The van der Waals surface area contributed by atoms with E-state index in [9.17, 15) is 13.2 Å². The maximum absolute atomic E-state index is 12.6. The molecule has 0 saturated carbocycles. The molecule has 1 fully saturated rings. The average molecular weight is 302 g/mol. The van der Waals surface area contributed by atoms with Crippen LogP contribution in [0.1, 0.15) is 25.0 Å². The van der Waals surface area contributed by atoms with Crippen molar-refractivity contribution in [2.75, 3.05) is 5.75 Å². The number of aliphatic imine (C=N–C) groups is 1. The fourth-order valence-corrected chi connectivity index (χ4v) is 3.07. The van der Waals surface area contributed by atoms with Crippen molar-refractivity contribution in [2.24, 2.45) is 10.9 Å². The van der Waals surface area contributed by atoms with Crippen LogP contribution in [0.3, 0.4) is 0 Å². The van der Waals surface area contributed by atoms with Crippen molar-refractivity contribution < 1.29 is 13.2 Å². The molecule has 6 heteroatoms. The fraction of sp³-hybridized carbons (Fsp3) is 0.500. The predicted octanol–water partition coefficient (Wildman–Crippen LogP) is 3.92. The van der Waals surface area contributed by atoms with Crippen molar-refractivity contribution in [1.82, 2.24) is 5.32 Å². The molecular formula is C14H17F3N2S. The molecule has 110 valence electrons. The summed E-state index contributed by atoms with van der Waals surface area (Å²) in [4.78, 5) is 4.35. The zero-order chi connectivity index (χ0) is 14.8. The molecule has 2 nitrogen and oxygen atoms in total. The standard InChI is InChI=1S/C14H17F3N2S/c1-9(2)12-8-20-13(19-12)18-7-10-4-3-5-11(6-10)14(15,16)17/h3-6,9,12H,7-8H2,1-2H3,(H,18,19)/t12-/m1/s1. The molecule has 0 unspecified atom stereocenters. The zero-order valence-electron chi connectivity index (χ0n) is 11.4. The van der Waals surface area contributed by atoms with Crippen LogP contribution in [-0.4, -0.2) is 17.0 Å². The van der Waals surface area contributed by atoms with E-state index in [1.807, 2.05) is 0 Å². The lowest BCUT2D eigenvalue weighted by Crippen LogP contribution is -2.31. The molecule has 0 aromatic heterocycles. The topological polar surface area (TPSA) is 24.4 Å². The summed E-state index contributed by atoms with van der Waals surface area (Å²) < 4.78 is 37.8. The molecule has 1 aromatic rings. The van der Waals surface area contributed by atoms with E-state index in [1.165, 1.54) is 6.07 Å². The normalized spacial score (nSPS) is 21.5. The number of halogens is 3. The SMILES string of the molecule is CC(C)[C@H]1CSC(=NCc2cccc(C(F)(F)F)c2)N1. The second kappa shape index (κ2) is 6.08. The van der Waals surface area contributed by atoms with Gasteiger partial charge in [-0.3, -0.25) is 4.99 Å². The van der Waals surface area contributed by atoms with Gasteiger partial charge in [0.1, 0.15) is 0 Å². The zero-order valence-corrected chi connectivity index (χ0v) is 12.2. The summed E-state index contributed by atoms with van der Waals surface area (Å²) in [5.74, 6) is 1.47. The molecule has 0 bridgehead atoms. The fourth-order valence-electron chi connectivity index (χ4n) is 1.87. The minimum absolute atomic E-state index is 0.268. The van der Waals surface area contributed by atoms with Crippen molar-refractivity contribution in [3.8, 4) is 0 Å². The van der Waals surface area contributed by atoms with Crippen molar-refractivity contribution in [3.63, 3.8) is 0 Å². The highest BCUT2D eigenvalue weighted by atomic mass is 32.2. The number of amidine groups is 1. The van der Waals surface area contributed by atoms with E-state index in [1.54, 1.807) is 17.8 Å². The highest BCUT2D eigenvalue weighted by Crippen LogP contribution is 2.29. The number of nitrogens with zero attached hydrogens (tertiary/aromatic N) is 1. The molecule has 0 aliphatic carbocycles. The summed E-state index contributed by atoms with van der Waals surface area (Å²) in [6.45, 7) is 4.53. The van der Waals surface area contributed by atoms with Gasteiger partial charge in [0.2, 0.25) is 0 Å². The molecule has 0 spiro atoms. The van der Waals surface area contributed by atoms with Gasteiger partial charge in [0.05, 0.1) is 12.1 Å². The third-order valence-corrected chi connectivity index (χ3v) is 4.22. The number of nitrogens with one attached hydrogen (secondary N) is 1. The van der Waals surface area contributed by atoms with Crippen LogP contribution in [0.5, 0.6) is 0 Å². The summed E-state index contributed by atoms with van der Waals surface area (Å²) in [6, 6.07) is 5.71. The Bertz CT molecular complexity index is 497. The number of hydrogen-bond acceptors (Lipinski definition) is 2. The molecule has 1 saturated heterocycles. The lowest BCUT2D eigenvalue weighted by molar-refractivity contribution is -0.137. The van der Waals surface area contributed by atoms with Crippen LogP contribution in [0.4, 0.5) is 13.2 Å². The van der Waals surface area contributed by atoms with E-state index in [0.29, 0.717) is 17.5 Å². The molecule has 20 heavy (non-hydrogen) atoms. The Morgan fingerprint density at radius 2 is 2.15 bits per heavy atom. The van der Waals surface area contributed by atoms with Gasteiger partial charge >= 0.3 is 6.18 Å². The van der Waals surface area contributed by atoms with Crippen LogP contribution in [0.2, 0.25) is 0 Å². The number of rotatable bonds is 3. The Hall–Kier alpha value is -1.17. The molecule has 1 aromatic carbocycles. The largest absolute Gasteiger partial charge is 0.416 e. The molecule has 0 amide bonds. The summed E-state index contributed by atoms with van der Waals surface area (Å²) >= 11 is 1.62. The first kappa shape index (κ1) is 15.2. The number of thioether (sulfide) groups is 1. The monoisotopic (exact) mass is 302 g/mol. The van der Waals surface area contributed by atoms with Gasteiger partial charge in [0.15, 0.2) is 5.17 Å². The van der Waals surface area contributed by atoms with Crippen LogP contribution in [-0.2, 0) is 12.7 Å². The van der Waals surface area contributed by atoms with E-state index < -0.39 is 11.7 Å². The molecule has 2 rings (SSSR count).